The van der Waals surface area contributed by atoms with E-state index in [1.54, 1.807) is 0 Å². The van der Waals surface area contributed by atoms with E-state index in [9.17, 15) is 0 Å². The van der Waals surface area contributed by atoms with Crippen LogP contribution in [0.15, 0.2) is 54.9 Å². The van der Waals surface area contributed by atoms with Gasteiger partial charge in [-0.15, -0.1) is 5.10 Å². The molecule has 0 aliphatic carbocycles. The van der Waals surface area contributed by atoms with Crippen molar-refractivity contribution >= 4 is 0 Å². The van der Waals surface area contributed by atoms with Gasteiger partial charge in [-0.3, -0.25) is 9.97 Å². The first-order valence-corrected chi connectivity index (χ1v) is 9.38. The Balaban J connectivity index is 1.89. The summed E-state index contributed by atoms with van der Waals surface area (Å²) in [6.07, 6.45) is 3.64. The largest absolute Gasteiger partial charge is 0.253 e. The zero-order valence-corrected chi connectivity index (χ0v) is 16.6. The molecule has 4 rings (SSSR count). The van der Waals surface area contributed by atoms with Crippen LogP contribution in [0.25, 0.3) is 23.0 Å². The smallest absolute Gasteiger partial charge is 0.200 e. The number of benzene rings is 1. The summed E-state index contributed by atoms with van der Waals surface area (Å²) < 4.78 is 1.93. The van der Waals surface area contributed by atoms with Crippen LogP contribution in [0.2, 0.25) is 0 Å². The molecule has 0 spiro atoms. The Morgan fingerprint density at radius 2 is 1.36 bits per heavy atom. The summed E-state index contributed by atoms with van der Waals surface area (Å²) in [4.78, 5) is 14.0. The number of rotatable bonds is 4. The van der Waals surface area contributed by atoms with Crippen LogP contribution in [-0.4, -0.2) is 24.7 Å². The lowest BCUT2D eigenvalue weighted by atomic mass is 10.1. The van der Waals surface area contributed by atoms with E-state index >= 15 is 0 Å². The van der Waals surface area contributed by atoms with Crippen LogP contribution in [0.3, 0.4) is 0 Å². The third-order valence-electron chi connectivity index (χ3n) is 5.22. The topological polar surface area (TPSA) is 56.5 Å². The van der Waals surface area contributed by atoms with Crippen molar-refractivity contribution in [1.29, 1.82) is 0 Å². The molecule has 3 aromatic heterocycles. The number of aryl methyl sites for hydroxylation is 2. The second-order valence-electron chi connectivity index (χ2n) is 7.11. The molecular formula is C23H23N5. The van der Waals surface area contributed by atoms with Crippen LogP contribution in [0.1, 0.15) is 27.8 Å². The molecule has 5 nitrogen and oxygen atoms in total. The minimum atomic E-state index is 0.628. The molecule has 1 aromatic carbocycles. The monoisotopic (exact) mass is 369 g/mol. The molecule has 0 radical (unpaired) electrons. The predicted octanol–water partition coefficient (Wildman–Crippen LogP) is 4.68. The van der Waals surface area contributed by atoms with Gasteiger partial charge >= 0.3 is 0 Å². The molecule has 4 aromatic rings. The molecule has 0 amide bonds. The molecule has 0 saturated carbocycles. The fraction of sp³-hybridized carbons (Fsp3) is 0.217. The van der Waals surface area contributed by atoms with Crippen molar-refractivity contribution in [2.24, 2.45) is 0 Å². The zero-order chi connectivity index (χ0) is 19.7. The highest BCUT2D eigenvalue weighted by atomic mass is 15.4. The van der Waals surface area contributed by atoms with Gasteiger partial charge in [0.05, 0.1) is 6.54 Å². The van der Waals surface area contributed by atoms with Gasteiger partial charge in [-0.05, 0) is 67.6 Å². The Morgan fingerprint density at radius 3 is 2.04 bits per heavy atom. The quantitative estimate of drug-likeness (QED) is 0.524. The highest BCUT2D eigenvalue weighted by Crippen LogP contribution is 2.27. The van der Waals surface area contributed by atoms with E-state index in [4.69, 9.17) is 10.1 Å². The first kappa shape index (κ1) is 18.0. The molecule has 0 aliphatic heterocycles. The van der Waals surface area contributed by atoms with Gasteiger partial charge in [-0.1, -0.05) is 30.3 Å². The summed E-state index contributed by atoms with van der Waals surface area (Å²) in [5, 5.41) is 4.83. The summed E-state index contributed by atoms with van der Waals surface area (Å²) in [5.41, 5.74) is 7.42. The molecule has 28 heavy (non-hydrogen) atoms. The normalized spacial score (nSPS) is 11.0. The Hall–Kier alpha value is -3.34. The summed E-state index contributed by atoms with van der Waals surface area (Å²) in [6, 6.07) is 14.3. The van der Waals surface area contributed by atoms with E-state index in [0.29, 0.717) is 12.4 Å². The standard InChI is InChI=1S/C23H23N5/c1-15-10-12-24-20(17(15)3)22-26-23(21-18(4)16(2)11-13-25-21)28(27-22)14-19-8-6-5-7-9-19/h5-13H,14H2,1-4H3. The summed E-state index contributed by atoms with van der Waals surface area (Å²) in [6.45, 7) is 8.93. The van der Waals surface area contributed by atoms with Gasteiger partial charge in [-0.2, -0.15) is 0 Å². The van der Waals surface area contributed by atoms with Crippen molar-refractivity contribution in [2.45, 2.75) is 34.2 Å². The number of nitrogens with zero attached hydrogens (tertiary/aromatic N) is 5. The van der Waals surface area contributed by atoms with Gasteiger partial charge in [0.15, 0.2) is 5.82 Å². The van der Waals surface area contributed by atoms with Crippen molar-refractivity contribution in [1.82, 2.24) is 24.7 Å². The maximum atomic E-state index is 4.88. The molecule has 140 valence electrons. The van der Waals surface area contributed by atoms with Gasteiger partial charge in [0.1, 0.15) is 11.4 Å². The first-order valence-electron chi connectivity index (χ1n) is 9.38. The zero-order valence-electron chi connectivity index (χ0n) is 16.6. The highest BCUT2D eigenvalue weighted by molar-refractivity contribution is 5.62. The molecule has 0 saturated heterocycles. The maximum absolute atomic E-state index is 4.88. The van der Waals surface area contributed by atoms with Gasteiger partial charge < -0.3 is 0 Å². The SMILES string of the molecule is Cc1ccnc(-c2nc(-c3nccc(C)c3C)n(Cc3ccccc3)n2)c1C. The van der Waals surface area contributed by atoms with Crippen LogP contribution >= 0.6 is 0 Å². The van der Waals surface area contributed by atoms with Crippen molar-refractivity contribution in [2.75, 3.05) is 0 Å². The van der Waals surface area contributed by atoms with E-state index < -0.39 is 0 Å². The molecule has 3 heterocycles. The third-order valence-corrected chi connectivity index (χ3v) is 5.22. The second kappa shape index (κ2) is 7.35. The fourth-order valence-electron chi connectivity index (χ4n) is 3.20. The molecule has 0 aliphatic rings. The average Bonchev–Trinajstić information content (AvgIpc) is 3.10. The van der Waals surface area contributed by atoms with Crippen molar-refractivity contribution < 1.29 is 0 Å². The predicted molar refractivity (Wildman–Crippen MR) is 111 cm³/mol. The molecular weight excluding hydrogens is 346 g/mol. The number of aromatic nitrogens is 5. The van der Waals surface area contributed by atoms with Crippen molar-refractivity contribution in [3.63, 3.8) is 0 Å². The van der Waals surface area contributed by atoms with Crippen LogP contribution in [0.5, 0.6) is 0 Å². The van der Waals surface area contributed by atoms with Crippen LogP contribution in [0, 0.1) is 27.7 Å². The Morgan fingerprint density at radius 1 is 0.750 bits per heavy atom. The van der Waals surface area contributed by atoms with Crippen molar-refractivity contribution in [3.05, 3.63) is 82.7 Å². The minimum Gasteiger partial charge on any atom is -0.253 e. The molecule has 5 heteroatoms. The van der Waals surface area contributed by atoms with Gasteiger partial charge in [0.25, 0.3) is 0 Å². The molecule has 0 fully saturated rings. The van der Waals surface area contributed by atoms with E-state index in [0.717, 1.165) is 28.3 Å². The number of hydrogen-bond acceptors (Lipinski definition) is 4. The lowest BCUT2D eigenvalue weighted by Gasteiger charge is -2.09. The summed E-state index contributed by atoms with van der Waals surface area (Å²) in [5.74, 6) is 1.40. The summed E-state index contributed by atoms with van der Waals surface area (Å²) in [7, 11) is 0. The third kappa shape index (κ3) is 3.31. The van der Waals surface area contributed by atoms with E-state index in [1.807, 2.05) is 47.4 Å². The molecule has 0 N–H and O–H groups in total. The summed E-state index contributed by atoms with van der Waals surface area (Å²) >= 11 is 0. The van der Waals surface area contributed by atoms with E-state index in [-0.39, 0.29) is 0 Å². The first-order chi connectivity index (χ1) is 13.5. The average molecular weight is 369 g/mol. The van der Waals surface area contributed by atoms with Gasteiger partial charge in [0, 0.05) is 12.4 Å². The van der Waals surface area contributed by atoms with Gasteiger partial charge in [0.2, 0.25) is 5.82 Å². The number of pyridine rings is 2. The van der Waals surface area contributed by atoms with Gasteiger partial charge in [-0.25, -0.2) is 9.67 Å². The van der Waals surface area contributed by atoms with E-state index in [2.05, 4.69) is 49.8 Å². The minimum absolute atomic E-state index is 0.628. The number of hydrogen-bond donors (Lipinski definition) is 0. The molecule has 0 atom stereocenters. The van der Waals surface area contributed by atoms with E-state index in [1.165, 1.54) is 16.7 Å². The fourth-order valence-corrected chi connectivity index (χ4v) is 3.20. The Labute approximate surface area is 165 Å². The van der Waals surface area contributed by atoms with Crippen LogP contribution < -0.4 is 0 Å². The van der Waals surface area contributed by atoms with Crippen LogP contribution in [-0.2, 0) is 6.54 Å². The molecule has 0 unspecified atom stereocenters. The Bertz CT molecular complexity index is 1130. The lowest BCUT2D eigenvalue weighted by molar-refractivity contribution is 0.692. The second-order valence-corrected chi connectivity index (χ2v) is 7.11. The van der Waals surface area contributed by atoms with Crippen LogP contribution in [0.4, 0.5) is 0 Å². The highest BCUT2D eigenvalue weighted by Gasteiger charge is 2.19. The molecule has 0 bridgehead atoms. The maximum Gasteiger partial charge on any atom is 0.200 e. The lowest BCUT2D eigenvalue weighted by Crippen LogP contribution is -2.06. The van der Waals surface area contributed by atoms with Crippen molar-refractivity contribution in [3.8, 4) is 23.0 Å². The Kier molecular flexibility index (Phi) is 4.74.